The van der Waals surface area contributed by atoms with Crippen molar-refractivity contribution >= 4 is 23.9 Å². The van der Waals surface area contributed by atoms with Gasteiger partial charge in [-0.25, -0.2) is 9.59 Å². The van der Waals surface area contributed by atoms with Crippen molar-refractivity contribution in [2.75, 3.05) is 7.11 Å². The van der Waals surface area contributed by atoms with Gasteiger partial charge in [0, 0.05) is 5.92 Å². The Hall–Kier alpha value is -2.36. The fraction of sp³-hybridized carbons (Fsp3) is 0.871. The minimum atomic E-state index is -0.932. The van der Waals surface area contributed by atoms with Crippen molar-refractivity contribution < 1.29 is 33.8 Å². The van der Waals surface area contributed by atoms with Gasteiger partial charge in [-0.2, -0.15) is 0 Å². The molecule has 0 saturated heterocycles. The highest BCUT2D eigenvalue weighted by Crippen LogP contribution is 2.38. The molecule has 4 N–H and O–H groups in total. The van der Waals surface area contributed by atoms with Crippen molar-refractivity contribution in [2.45, 2.75) is 136 Å². The van der Waals surface area contributed by atoms with Crippen LogP contribution in [0.1, 0.15) is 106 Å². The minimum Gasteiger partial charge on any atom is -0.467 e. The van der Waals surface area contributed by atoms with Crippen molar-refractivity contribution in [3.8, 4) is 0 Å². The number of ether oxygens (including phenoxy) is 2. The van der Waals surface area contributed by atoms with E-state index in [4.69, 9.17) is 9.47 Å². The maximum atomic E-state index is 13.6. The van der Waals surface area contributed by atoms with E-state index < -0.39 is 53.7 Å². The Kier molecular flexibility index (Phi) is 13.4. The zero-order valence-electron chi connectivity index (χ0n) is 26.5. The Morgan fingerprint density at radius 2 is 1.44 bits per heavy atom. The highest BCUT2D eigenvalue weighted by molar-refractivity contribution is 5.91. The van der Waals surface area contributed by atoms with Crippen LogP contribution in [0.4, 0.5) is 4.79 Å². The molecule has 10 heteroatoms. The second kappa shape index (κ2) is 15.8. The first-order chi connectivity index (χ1) is 19.1. The SMILES string of the molecule is COC(=O)[C@@H](NC(=O)[C@@H](NC(=O)C1CCCC1C(O)[C@H](CC1CCCCC1)NC(=O)OC(C)(C)C)C(C)C)C(C)C. The molecule has 0 heterocycles. The highest BCUT2D eigenvalue weighted by Gasteiger charge is 2.43. The van der Waals surface area contributed by atoms with Crippen molar-refractivity contribution in [3.05, 3.63) is 0 Å². The van der Waals surface area contributed by atoms with E-state index in [2.05, 4.69) is 16.0 Å². The number of esters is 1. The summed E-state index contributed by atoms with van der Waals surface area (Å²) in [4.78, 5) is 51.8. The average Bonchev–Trinajstić information content (AvgIpc) is 3.38. The summed E-state index contributed by atoms with van der Waals surface area (Å²) in [5.41, 5.74) is -0.672. The summed E-state index contributed by atoms with van der Waals surface area (Å²) < 4.78 is 10.3. The summed E-state index contributed by atoms with van der Waals surface area (Å²) in [5, 5.41) is 20.2. The maximum Gasteiger partial charge on any atom is 0.407 e. The van der Waals surface area contributed by atoms with Crippen LogP contribution in [-0.2, 0) is 23.9 Å². The van der Waals surface area contributed by atoms with E-state index in [-0.39, 0.29) is 23.7 Å². The van der Waals surface area contributed by atoms with Crippen molar-refractivity contribution in [2.24, 2.45) is 29.6 Å². The largest absolute Gasteiger partial charge is 0.467 e. The third-order valence-electron chi connectivity index (χ3n) is 8.44. The molecule has 2 aliphatic rings. The molecule has 0 bridgehead atoms. The number of carbonyl (C=O) groups excluding carboxylic acids is 4. The predicted octanol–water partition coefficient (Wildman–Crippen LogP) is 4.08. The Morgan fingerprint density at radius 1 is 0.829 bits per heavy atom. The maximum absolute atomic E-state index is 13.6. The predicted molar refractivity (Wildman–Crippen MR) is 157 cm³/mol. The average molecular weight is 582 g/mol. The quantitative estimate of drug-likeness (QED) is 0.254. The lowest BCUT2D eigenvalue weighted by molar-refractivity contribution is -0.147. The topological polar surface area (TPSA) is 143 Å². The number of nitrogens with one attached hydrogen (secondary N) is 3. The van der Waals surface area contributed by atoms with Gasteiger partial charge >= 0.3 is 12.1 Å². The zero-order chi connectivity index (χ0) is 30.9. The van der Waals surface area contributed by atoms with Crippen LogP contribution in [0.5, 0.6) is 0 Å². The van der Waals surface area contributed by atoms with Gasteiger partial charge in [0.1, 0.15) is 17.7 Å². The third kappa shape index (κ3) is 10.8. The molecular formula is C31H55N3O7. The van der Waals surface area contributed by atoms with Gasteiger partial charge in [-0.05, 0) is 63.7 Å². The number of carbonyl (C=O) groups is 4. The summed E-state index contributed by atoms with van der Waals surface area (Å²) in [6.45, 7) is 12.7. The van der Waals surface area contributed by atoms with Gasteiger partial charge in [0.25, 0.3) is 0 Å². The Morgan fingerprint density at radius 3 is 1.98 bits per heavy atom. The minimum absolute atomic E-state index is 0.192. The molecule has 6 atom stereocenters. The molecule has 3 amide bonds. The molecule has 2 aliphatic carbocycles. The molecule has 3 unspecified atom stereocenters. The second-order valence-corrected chi connectivity index (χ2v) is 13.7. The normalized spacial score (nSPS) is 22.9. The van der Waals surface area contributed by atoms with Crippen LogP contribution < -0.4 is 16.0 Å². The van der Waals surface area contributed by atoms with E-state index in [9.17, 15) is 24.3 Å². The second-order valence-electron chi connectivity index (χ2n) is 13.7. The lowest BCUT2D eigenvalue weighted by Crippen LogP contribution is -2.57. The number of aliphatic hydroxyl groups excluding tert-OH is 1. The Balaban J connectivity index is 2.17. The van der Waals surface area contributed by atoms with Gasteiger partial charge in [0.2, 0.25) is 11.8 Å². The number of hydrogen-bond acceptors (Lipinski definition) is 7. The molecule has 236 valence electrons. The van der Waals surface area contributed by atoms with E-state index in [1.54, 1.807) is 20.8 Å². The molecule has 10 nitrogen and oxygen atoms in total. The number of amides is 3. The Labute approximate surface area is 246 Å². The van der Waals surface area contributed by atoms with Gasteiger partial charge in [0.05, 0.1) is 19.3 Å². The van der Waals surface area contributed by atoms with Crippen LogP contribution in [0.15, 0.2) is 0 Å². The fourth-order valence-electron chi connectivity index (χ4n) is 6.21. The molecule has 0 aromatic heterocycles. The number of rotatable bonds is 12. The first-order valence-electron chi connectivity index (χ1n) is 15.5. The summed E-state index contributed by atoms with van der Waals surface area (Å²) in [7, 11) is 1.27. The first-order valence-corrected chi connectivity index (χ1v) is 15.5. The Bertz CT molecular complexity index is 879. The van der Waals surface area contributed by atoms with Crippen LogP contribution in [0, 0.1) is 29.6 Å². The number of aliphatic hydroxyl groups is 1. The van der Waals surface area contributed by atoms with Gasteiger partial charge in [0.15, 0.2) is 0 Å². The summed E-state index contributed by atoms with van der Waals surface area (Å²) in [6.07, 6.45) is 6.72. The van der Waals surface area contributed by atoms with Crippen LogP contribution in [0.25, 0.3) is 0 Å². The van der Waals surface area contributed by atoms with E-state index in [1.165, 1.54) is 13.5 Å². The molecule has 0 aromatic carbocycles. The van der Waals surface area contributed by atoms with Gasteiger partial charge < -0.3 is 30.5 Å². The molecule has 2 saturated carbocycles. The number of alkyl carbamates (subject to hydrolysis) is 1. The summed E-state index contributed by atoms with van der Waals surface area (Å²) in [5.74, 6) is -2.19. The molecule has 41 heavy (non-hydrogen) atoms. The number of methoxy groups -OCH3 is 1. The molecule has 0 radical (unpaired) electrons. The first kappa shape index (κ1) is 34.8. The van der Waals surface area contributed by atoms with Gasteiger partial charge in [-0.3, -0.25) is 9.59 Å². The van der Waals surface area contributed by atoms with Gasteiger partial charge in [-0.15, -0.1) is 0 Å². The van der Waals surface area contributed by atoms with Crippen LogP contribution in [0.2, 0.25) is 0 Å². The lowest BCUT2D eigenvalue weighted by atomic mass is 9.79. The van der Waals surface area contributed by atoms with Crippen molar-refractivity contribution in [1.29, 1.82) is 0 Å². The highest BCUT2D eigenvalue weighted by atomic mass is 16.6. The molecule has 2 fully saturated rings. The summed E-state index contributed by atoms with van der Waals surface area (Å²) in [6, 6.07) is -2.22. The molecular weight excluding hydrogens is 526 g/mol. The molecule has 2 rings (SSSR count). The van der Waals surface area contributed by atoms with E-state index in [0.29, 0.717) is 25.2 Å². The molecule has 0 aliphatic heterocycles. The van der Waals surface area contributed by atoms with E-state index in [1.807, 2.05) is 27.7 Å². The van der Waals surface area contributed by atoms with E-state index in [0.717, 1.165) is 32.1 Å². The fourth-order valence-corrected chi connectivity index (χ4v) is 6.21. The smallest absolute Gasteiger partial charge is 0.407 e. The zero-order valence-corrected chi connectivity index (χ0v) is 26.5. The summed E-state index contributed by atoms with van der Waals surface area (Å²) >= 11 is 0. The monoisotopic (exact) mass is 581 g/mol. The number of hydrogen-bond donors (Lipinski definition) is 4. The third-order valence-corrected chi connectivity index (χ3v) is 8.44. The van der Waals surface area contributed by atoms with Crippen molar-refractivity contribution in [1.82, 2.24) is 16.0 Å². The van der Waals surface area contributed by atoms with Crippen LogP contribution >= 0.6 is 0 Å². The lowest BCUT2D eigenvalue weighted by Gasteiger charge is -2.35. The standard InChI is InChI=1S/C31H55N3O7/c1-18(2)24(28(37)34-25(19(3)4)29(38)40-8)33-27(36)22-16-12-15-21(22)26(35)23(17-20-13-10-9-11-14-20)32-30(39)41-31(5,6)7/h18-26,35H,9-17H2,1-8H3,(H,32,39)(H,33,36)(H,34,37)/t21?,22?,23-,24-,25-,26?/m0/s1. The molecule has 0 aromatic rings. The molecule has 0 spiro atoms. The van der Waals surface area contributed by atoms with E-state index >= 15 is 0 Å². The van der Waals surface area contributed by atoms with Crippen molar-refractivity contribution in [3.63, 3.8) is 0 Å². The van der Waals surface area contributed by atoms with Crippen LogP contribution in [-0.4, -0.2) is 65.9 Å². The van der Waals surface area contributed by atoms with Crippen LogP contribution in [0.3, 0.4) is 0 Å². The van der Waals surface area contributed by atoms with Gasteiger partial charge in [-0.1, -0.05) is 66.2 Å².